The molecule has 0 unspecified atom stereocenters. The van der Waals surface area contributed by atoms with Gasteiger partial charge in [-0.2, -0.15) is 4.98 Å². The number of aromatic nitrogens is 2. The van der Waals surface area contributed by atoms with Gasteiger partial charge in [-0.25, -0.2) is 4.98 Å². The second-order valence-electron chi connectivity index (χ2n) is 5.84. The number of nitrogens with one attached hydrogen (secondary N) is 2. The third kappa shape index (κ3) is 4.96. The molecule has 2 heterocycles. The normalized spacial score (nSPS) is 14.7. The van der Waals surface area contributed by atoms with E-state index < -0.39 is 0 Å². The van der Waals surface area contributed by atoms with Gasteiger partial charge in [0.25, 0.3) is 0 Å². The van der Waals surface area contributed by atoms with Crippen molar-refractivity contribution in [1.82, 2.24) is 14.9 Å². The van der Waals surface area contributed by atoms with Crippen LogP contribution in [0.4, 0.5) is 17.5 Å². The zero-order valence-electron chi connectivity index (χ0n) is 15.2. The molecule has 1 aromatic carbocycles. The summed E-state index contributed by atoms with van der Waals surface area (Å²) in [4.78, 5) is 11.1. The number of rotatable bonds is 8. The minimum atomic E-state index is 0.588. The molecule has 1 fully saturated rings. The number of nitrogens with zero attached hydrogens (tertiary/aromatic N) is 3. The van der Waals surface area contributed by atoms with Crippen LogP contribution in [0.25, 0.3) is 0 Å². The molecule has 1 aliphatic heterocycles. The van der Waals surface area contributed by atoms with Crippen LogP contribution in [0, 0.1) is 0 Å². The molecule has 1 aliphatic rings. The number of hydrogen-bond acceptors (Lipinski definition) is 8. The average Bonchev–Trinajstić information content (AvgIpc) is 2.69. The molecule has 1 saturated heterocycles. The molecule has 8 heteroatoms. The molecule has 140 valence electrons. The number of ether oxygens (including phenoxy) is 3. The van der Waals surface area contributed by atoms with Crippen molar-refractivity contribution in [3.8, 4) is 11.5 Å². The number of hydrogen-bond donors (Lipinski definition) is 2. The molecule has 1 aromatic heterocycles. The van der Waals surface area contributed by atoms with Crippen LogP contribution in [0.3, 0.4) is 0 Å². The van der Waals surface area contributed by atoms with E-state index in [-0.39, 0.29) is 0 Å². The SMILES string of the molecule is COc1ccc(OC)c(Nc2ccnc(NCCN3CCOCC3)n2)c1. The van der Waals surface area contributed by atoms with Crippen LogP contribution in [-0.2, 0) is 4.74 Å². The lowest BCUT2D eigenvalue weighted by molar-refractivity contribution is 0.0398. The van der Waals surface area contributed by atoms with Crippen LogP contribution in [0.2, 0.25) is 0 Å². The topological polar surface area (TPSA) is 80.8 Å². The second-order valence-corrected chi connectivity index (χ2v) is 5.84. The van der Waals surface area contributed by atoms with Gasteiger partial charge in [0, 0.05) is 38.4 Å². The summed E-state index contributed by atoms with van der Waals surface area (Å²) < 4.78 is 16.0. The Labute approximate surface area is 153 Å². The molecular formula is C18H25N5O3. The summed E-state index contributed by atoms with van der Waals surface area (Å²) in [5, 5.41) is 6.52. The fourth-order valence-electron chi connectivity index (χ4n) is 2.71. The molecule has 2 aromatic rings. The van der Waals surface area contributed by atoms with Crippen molar-refractivity contribution in [2.24, 2.45) is 0 Å². The summed E-state index contributed by atoms with van der Waals surface area (Å²) in [6.07, 6.45) is 1.72. The van der Waals surface area contributed by atoms with Crippen LogP contribution < -0.4 is 20.1 Å². The Bertz CT molecular complexity index is 707. The molecule has 0 bridgehead atoms. The average molecular weight is 359 g/mol. The lowest BCUT2D eigenvalue weighted by Crippen LogP contribution is -2.39. The van der Waals surface area contributed by atoms with Crippen molar-refractivity contribution in [2.75, 3.05) is 64.2 Å². The van der Waals surface area contributed by atoms with E-state index in [0.29, 0.717) is 17.5 Å². The van der Waals surface area contributed by atoms with Crippen LogP contribution in [0.5, 0.6) is 11.5 Å². The Balaban J connectivity index is 1.60. The van der Waals surface area contributed by atoms with E-state index in [0.717, 1.165) is 50.8 Å². The summed E-state index contributed by atoms with van der Waals surface area (Å²) in [5.41, 5.74) is 0.782. The first-order chi connectivity index (χ1) is 12.8. The smallest absolute Gasteiger partial charge is 0.224 e. The highest BCUT2D eigenvalue weighted by molar-refractivity contribution is 5.66. The third-order valence-electron chi connectivity index (χ3n) is 4.14. The van der Waals surface area contributed by atoms with E-state index in [2.05, 4.69) is 25.5 Å². The van der Waals surface area contributed by atoms with E-state index in [4.69, 9.17) is 14.2 Å². The van der Waals surface area contributed by atoms with Gasteiger partial charge in [-0.3, -0.25) is 4.90 Å². The van der Waals surface area contributed by atoms with E-state index in [1.807, 2.05) is 24.3 Å². The largest absolute Gasteiger partial charge is 0.497 e. The van der Waals surface area contributed by atoms with Gasteiger partial charge in [0.05, 0.1) is 33.1 Å². The van der Waals surface area contributed by atoms with Gasteiger partial charge in [-0.15, -0.1) is 0 Å². The summed E-state index contributed by atoms with van der Waals surface area (Å²) in [5.74, 6) is 2.73. The van der Waals surface area contributed by atoms with Crippen LogP contribution in [-0.4, -0.2) is 68.5 Å². The Hall–Kier alpha value is -2.58. The molecule has 0 amide bonds. The zero-order chi connectivity index (χ0) is 18.2. The standard InChI is InChI=1S/C18H25N5O3/c1-24-14-3-4-16(25-2)15(13-14)21-17-5-6-19-18(22-17)20-7-8-23-9-11-26-12-10-23/h3-6,13H,7-12H2,1-2H3,(H2,19,20,21,22). The maximum absolute atomic E-state index is 5.39. The van der Waals surface area contributed by atoms with Gasteiger partial charge in [-0.1, -0.05) is 0 Å². The van der Waals surface area contributed by atoms with Crippen LogP contribution in [0.15, 0.2) is 30.5 Å². The van der Waals surface area contributed by atoms with Gasteiger partial charge in [-0.05, 0) is 18.2 Å². The minimum absolute atomic E-state index is 0.588. The van der Waals surface area contributed by atoms with Gasteiger partial charge in [0.15, 0.2) is 0 Å². The van der Waals surface area contributed by atoms with Crippen LogP contribution in [0.1, 0.15) is 0 Å². The Morgan fingerprint density at radius 2 is 2.00 bits per heavy atom. The minimum Gasteiger partial charge on any atom is -0.497 e. The number of benzene rings is 1. The van der Waals surface area contributed by atoms with E-state index >= 15 is 0 Å². The van der Waals surface area contributed by atoms with E-state index in [1.165, 1.54) is 0 Å². The van der Waals surface area contributed by atoms with E-state index in [1.54, 1.807) is 20.4 Å². The molecule has 26 heavy (non-hydrogen) atoms. The lowest BCUT2D eigenvalue weighted by Gasteiger charge is -2.26. The van der Waals surface area contributed by atoms with Gasteiger partial charge in [0.1, 0.15) is 17.3 Å². The first-order valence-electron chi connectivity index (χ1n) is 8.64. The Morgan fingerprint density at radius 3 is 2.77 bits per heavy atom. The Kier molecular flexibility index (Phi) is 6.45. The monoisotopic (exact) mass is 359 g/mol. The molecule has 0 radical (unpaired) electrons. The highest BCUT2D eigenvalue weighted by Gasteiger charge is 2.10. The van der Waals surface area contributed by atoms with Crippen molar-refractivity contribution in [2.45, 2.75) is 0 Å². The Morgan fingerprint density at radius 1 is 1.15 bits per heavy atom. The highest BCUT2D eigenvalue weighted by atomic mass is 16.5. The van der Waals surface area contributed by atoms with Crippen molar-refractivity contribution in [3.05, 3.63) is 30.5 Å². The molecule has 3 rings (SSSR count). The summed E-state index contributed by atoms with van der Waals surface area (Å²) in [7, 11) is 3.26. The first-order valence-corrected chi connectivity index (χ1v) is 8.64. The quantitative estimate of drug-likeness (QED) is 0.741. The van der Waals surface area contributed by atoms with E-state index in [9.17, 15) is 0 Å². The summed E-state index contributed by atoms with van der Waals surface area (Å²) in [6.45, 7) is 5.27. The first kappa shape index (κ1) is 18.2. The molecule has 0 aliphatic carbocycles. The number of morpholine rings is 1. The van der Waals surface area contributed by atoms with Gasteiger partial charge >= 0.3 is 0 Å². The highest BCUT2D eigenvalue weighted by Crippen LogP contribution is 2.31. The number of methoxy groups -OCH3 is 2. The maximum atomic E-state index is 5.39. The maximum Gasteiger partial charge on any atom is 0.224 e. The molecule has 0 atom stereocenters. The lowest BCUT2D eigenvalue weighted by atomic mass is 10.2. The third-order valence-corrected chi connectivity index (χ3v) is 4.14. The zero-order valence-corrected chi connectivity index (χ0v) is 15.2. The molecule has 2 N–H and O–H groups in total. The predicted molar refractivity (Wildman–Crippen MR) is 101 cm³/mol. The van der Waals surface area contributed by atoms with Crippen LogP contribution >= 0.6 is 0 Å². The molecular weight excluding hydrogens is 334 g/mol. The fraction of sp³-hybridized carbons (Fsp3) is 0.444. The van der Waals surface area contributed by atoms with Crippen molar-refractivity contribution in [1.29, 1.82) is 0 Å². The van der Waals surface area contributed by atoms with Crippen molar-refractivity contribution < 1.29 is 14.2 Å². The van der Waals surface area contributed by atoms with Crippen molar-refractivity contribution in [3.63, 3.8) is 0 Å². The second kappa shape index (κ2) is 9.21. The fourth-order valence-corrected chi connectivity index (χ4v) is 2.71. The molecule has 0 saturated carbocycles. The molecule has 0 spiro atoms. The summed E-state index contributed by atoms with van der Waals surface area (Å²) >= 11 is 0. The molecule has 8 nitrogen and oxygen atoms in total. The number of anilines is 3. The van der Waals surface area contributed by atoms with Crippen molar-refractivity contribution >= 4 is 17.5 Å². The summed E-state index contributed by atoms with van der Waals surface area (Å²) in [6, 6.07) is 7.38. The predicted octanol–water partition coefficient (Wildman–Crippen LogP) is 1.98. The van der Waals surface area contributed by atoms with Gasteiger partial charge < -0.3 is 24.8 Å². The van der Waals surface area contributed by atoms with Gasteiger partial charge in [0.2, 0.25) is 5.95 Å².